The van der Waals surface area contributed by atoms with E-state index in [1.165, 1.54) is 12.0 Å². The molecule has 0 aliphatic heterocycles. The van der Waals surface area contributed by atoms with Gasteiger partial charge in [0.15, 0.2) is 0 Å². The monoisotopic (exact) mass is 258 g/mol. The van der Waals surface area contributed by atoms with E-state index in [0.29, 0.717) is 0 Å². The van der Waals surface area contributed by atoms with Crippen molar-refractivity contribution in [2.75, 3.05) is 25.6 Å². The third kappa shape index (κ3) is 2.68. The molecule has 102 valence electrons. The van der Waals surface area contributed by atoms with Gasteiger partial charge in [0.1, 0.15) is 5.75 Å². The number of rotatable bonds is 5. The minimum absolute atomic E-state index is 0.151. The van der Waals surface area contributed by atoms with Gasteiger partial charge in [0.25, 0.3) is 0 Å². The normalized spacial score (nSPS) is 16.3. The van der Waals surface area contributed by atoms with Crippen LogP contribution in [-0.4, -0.2) is 20.7 Å². The van der Waals surface area contributed by atoms with Crippen molar-refractivity contribution in [3.8, 4) is 11.8 Å². The molecule has 1 aromatic rings. The lowest BCUT2D eigenvalue weighted by Gasteiger charge is -2.39. The van der Waals surface area contributed by atoms with Crippen molar-refractivity contribution in [3.63, 3.8) is 0 Å². The van der Waals surface area contributed by atoms with Crippen LogP contribution in [0.4, 0.5) is 5.69 Å². The number of aryl methyl sites for hydroxylation is 1. The van der Waals surface area contributed by atoms with Crippen molar-refractivity contribution in [1.82, 2.24) is 0 Å². The molecule has 0 radical (unpaired) electrons. The highest BCUT2D eigenvalue weighted by Crippen LogP contribution is 2.42. The summed E-state index contributed by atoms with van der Waals surface area (Å²) in [5.41, 5.74) is 2.23. The second-order valence-electron chi connectivity index (χ2n) is 5.46. The number of benzene rings is 1. The molecule has 0 spiro atoms. The molecule has 3 heteroatoms. The smallest absolute Gasteiger partial charge is 0.142 e. The Morgan fingerprint density at radius 1 is 1.42 bits per heavy atom. The lowest BCUT2D eigenvalue weighted by atomic mass is 9.69. The van der Waals surface area contributed by atoms with Gasteiger partial charge in [-0.25, -0.2) is 0 Å². The zero-order chi connectivity index (χ0) is 13.9. The SMILES string of the molecule is CCc1ccc(OC)c(N(C)CC2(C#N)CCC2)c1. The maximum absolute atomic E-state index is 9.35. The molecule has 0 aromatic heterocycles. The van der Waals surface area contributed by atoms with E-state index in [2.05, 4.69) is 37.1 Å². The number of ether oxygens (including phenoxy) is 1. The maximum atomic E-state index is 9.35. The Bertz CT molecular complexity index is 486. The van der Waals surface area contributed by atoms with Gasteiger partial charge in [-0.05, 0) is 37.0 Å². The number of methoxy groups -OCH3 is 1. The molecule has 0 amide bonds. The summed E-state index contributed by atoms with van der Waals surface area (Å²) >= 11 is 0. The lowest BCUT2D eigenvalue weighted by Crippen LogP contribution is -2.39. The Balaban J connectivity index is 2.22. The van der Waals surface area contributed by atoms with Crippen LogP contribution in [0, 0.1) is 16.7 Å². The van der Waals surface area contributed by atoms with Crippen LogP contribution >= 0.6 is 0 Å². The van der Waals surface area contributed by atoms with Gasteiger partial charge in [-0.1, -0.05) is 19.4 Å². The minimum atomic E-state index is -0.151. The first-order valence-corrected chi connectivity index (χ1v) is 6.93. The zero-order valence-electron chi connectivity index (χ0n) is 12.1. The summed E-state index contributed by atoms with van der Waals surface area (Å²) in [7, 11) is 3.75. The van der Waals surface area contributed by atoms with Gasteiger partial charge in [-0.15, -0.1) is 0 Å². The average Bonchev–Trinajstić information content (AvgIpc) is 2.41. The van der Waals surface area contributed by atoms with Crippen molar-refractivity contribution < 1.29 is 4.74 Å². The molecule has 0 atom stereocenters. The summed E-state index contributed by atoms with van der Waals surface area (Å²) in [6.07, 6.45) is 4.22. The van der Waals surface area contributed by atoms with Gasteiger partial charge < -0.3 is 9.64 Å². The third-order valence-corrected chi connectivity index (χ3v) is 4.15. The molecular formula is C16H22N2O. The van der Waals surface area contributed by atoms with E-state index in [9.17, 15) is 5.26 Å². The Morgan fingerprint density at radius 2 is 2.16 bits per heavy atom. The average molecular weight is 258 g/mol. The van der Waals surface area contributed by atoms with Gasteiger partial charge in [-0.2, -0.15) is 5.26 Å². The third-order valence-electron chi connectivity index (χ3n) is 4.15. The second-order valence-corrected chi connectivity index (χ2v) is 5.46. The molecule has 3 nitrogen and oxygen atoms in total. The summed E-state index contributed by atoms with van der Waals surface area (Å²) in [6, 6.07) is 8.78. The summed E-state index contributed by atoms with van der Waals surface area (Å²) in [6.45, 7) is 2.93. The lowest BCUT2D eigenvalue weighted by molar-refractivity contribution is 0.222. The molecule has 0 unspecified atom stereocenters. The van der Waals surface area contributed by atoms with E-state index in [1.807, 2.05) is 6.07 Å². The quantitative estimate of drug-likeness (QED) is 0.812. The van der Waals surface area contributed by atoms with Gasteiger partial charge in [0.05, 0.1) is 24.3 Å². The van der Waals surface area contributed by atoms with Crippen LogP contribution in [0.25, 0.3) is 0 Å². The van der Waals surface area contributed by atoms with Crippen LogP contribution in [-0.2, 0) is 6.42 Å². The summed E-state index contributed by atoms with van der Waals surface area (Å²) in [5, 5.41) is 9.35. The van der Waals surface area contributed by atoms with Crippen LogP contribution in [0.2, 0.25) is 0 Å². The summed E-state index contributed by atoms with van der Waals surface area (Å²) < 4.78 is 5.44. The fourth-order valence-electron chi connectivity index (χ4n) is 2.70. The number of nitrogens with zero attached hydrogens (tertiary/aromatic N) is 2. The first kappa shape index (κ1) is 13.7. The predicted molar refractivity (Wildman–Crippen MR) is 77.5 cm³/mol. The van der Waals surface area contributed by atoms with E-state index >= 15 is 0 Å². The molecule has 1 saturated carbocycles. The molecule has 19 heavy (non-hydrogen) atoms. The highest BCUT2D eigenvalue weighted by atomic mass is 16.5. The molecule has 0 bridgehead atoms. The van der Waals surface area contributed by atoms with Gasteiger partial charge >= 0.3 is 0 Å². The molecule has 0 saturated heterocycles. The first-order valence-electron chi connectivity index (χ1n) is 6.93. The van der Waals surface area contributed by atoms with Crippen LogP contribution in [0.15, 0.2) is 18.2 Å². The van der Waals surface area contributed by atoms with E-state index in [0.717, 1.165) is 37.2 Å². The van der Waals surface area contributed by atoms with E-state index < -0.39 is 0 Å². The Morgan fingerprint density at radius 3 is 2.63 bits per heavy atom. The fourth-order valence-corrected chi connectivity index (χ4v) is 2.70. The highest BCUT2D eigenvalue weighted by Gasteiger charge is 2.38. The summed E-state index contributed by atoms with van der Waals surface area (Å²) in [4.78, 5) is 2.17. The van der Waals surface area contributed by atoms with E-state index in [-0.39, 0.29) is 5.41 Å². The van der Waals surface area contributed by atoms with Crippen LogP contribution in [0.3, 0.4) is 0 Å². The van der Waals surface area contributed by atoms with Crippen molar-refractivity contribution in [1.29, 1.82) is 5.26 Å². The van der Waals surface area contributed by atoms with Crippen molar-refractivity contribution >= 4 is 5.69 Å². The molecule has 1 aromatic carbocycles. The maximum Gasteiger partial charge on any atom is 0.142 e. The van der Waals surface area contributed by atoms with Gasteiger partial charge in [0, 0.05) is 13.6 Å². The van der Waals surface area contributed by atoms with Crippen molar-refractivity contribution in [2.24, 2.45) is 5.41 Å². The van der Waals surface area contributed by atoms with Crippen LogP contribution in [0.1, 0.15) is 31.7 Å². The number of hydrogen-bond acceptors (Lipinski definition) is 3. The fraction of sp³-hybridized carbons (Fsp3) is 0.562. The second kappa shape index (κ2) is 5.52. The van der Waals surface area contributed by atoms with Crippen molar-refractivity contribution in [2.45, 2.75) is 32.6 Å². The largest absolute Gasteiger partial charge is 0.495 e. The van der Waals surface area contributed by atoms with E-state index in [1.54, 1.807) is 7.11 Å². The first-order chi connectivity index (χ1) is 9.14. The molecule has 0 heterocycles. The van der Waals surface area contributed by atoms with Crippen molar-refractivity contribution in [3.05, 3.63) is 23.8 Å². The molecule has 1 fully saturated rings. The Kier molecular flexibility index (Phi) is 3.99. The predicted octanol–water partition coefficient (Wildman–Crippen LogP) is 3.39. The van der Waals surface area contributed by atoms with Crippen LogP contribution in [0.5, 0.6) is 5.75 Å². The number of anilines is 1. The topological polar surface area (TPSA) is 36.3 Å². The molecule has 0 N–H and O–H groups in total. The van der Waals surface area contributed by atoms with Gasteiger partial charge in [0.2, 0.25) is 0 Å². The standard InChI is InChI=1S/C16H22N2O/c1-4-13-6-7-15(19-3)14(10-13)18(2)12-16(11-17)8-5-9-16/h6-7,10H,4-5,8-9,12H2,1-3H3. The van der Waals surface area contributed by atoms with E-state index in [4.69, 9.17) is 4.74 Å². The molecule has 1 aliphatic carbocycles. The molecule has 1 aliphatic rings. The Hall–Kier alpha value is -1.69. The Labute approximate surface area is 115 Å². The molecule has 2 rings (SSSR count). The summed E-state index contributed by atoms with van der Waals surface area (Å²) in [5.74, 6) is 0.882. The number of hydrogen-bond donors (Lipinski definition) is 0. The highest BCUT2D eigenvalue weighted by molar-refractivity contribution is 5.60. The zero-order valence-corrected chi connectivity index (χ0v) is 12.1. The minimum Gasteiger partial charge on any atom is -0.495 e. The number of nitriles is 1. The molecular weight excluding hydrogens is 236 g/mol. The van der Waals surface area contributed by atoms with Gasteiger partial charge in [-0.3, -0.25) is 0 Å². The van der Waals surface area contributed by atoms with Crippen LogP contribution < -0.4 is 9.64 Å².